The highest BCUT2D eigenvalue weighted by molar-refractivity contribution is 5.83. The van der Waals surface area contributed by atoms with E-state index in [1.165, 1.54) is 11.6 Å². The van der Waals surface area contributed by atoms with Crippen molar-refractivity contribution in [3.63, 3.8) is 0 Å². The van der Waals surface area contributed by atoms with Gasteiger partial charge >= 0.3 is 0 Å². The summed E-state index contributed by atoms with van der Waals surface area (Å²) in [5.74, 6) is 0.285. The predicted octanol–water partition coefficient (Wildman–Crippen LogP) is 3.27. The molecule has 1 aliphatic rings. The van der Waals surface area contributed by atoms with Crippen LogP contribution in [0.25, 0.3) is 10.9 Å². The molecule has 1 atom stereocenters. The molecular weight excluding hydrogens is 307 g/mol. The number of nitrogens with one attached hydrogen (secondary N) is 1. The van der Waals surface area contributed by atoms with Gasteiger partial charge in [0.05, 0.1) is 18.8 Å². The van der Waals surface area contributed by atoms with Crippen molar-refractivity contribution in [2.24, 2.45) is 0 Å². The van der Waals surface area contributed by atoms with Crippen LogP contribution in [0, 0.1) is 5.82 Å². The molecular formula is C19H27FN2O2. The molecule has 0 spiro atoms. The number of rotatable bonds is 6. The number of piperidine rings is 1. The molecule has 2 N–H and O–H groups in total. The average Bonchev–Trinajstić information content (AvgIpc) is 2.96. The van der Waals surface area contributed by atoms with Crippen molar-refractivity contribution < 1.29 is 14.2 Å². The summed E-state index contributed by atoms with van der Waals surface area (Å²) in [7, 11) is 0. The van der Waals surface area contributed by atoms with Crippen LogP contribution in [0.2, 0.25) is 0 Å². The van der Waals surface area contributed by atoms with E-state index < -0.39 is 6.10 Å². The first-order valence-electron chi connectivity index (χ1n) is 8.81. The Balaban J connectivity index is 1.54. The SMILES string of the molecule is CC(C)OCC(O)CN1CCC(c2c[nH]c3cc(F)ccc23)CC1. The van der Waals surface area contributed by atoms with Crippen molar-refractivity contribution in [3.8, 4) is 0 Å². The second kappa shape index (κ2) is 7.64. The fourth-order valence-corrected chi connectivity index (χ4v) is 3.54. The minimum Gasteiger partial charge on any atom is -0.389 e. The fourth-order valence-electron chi connectivity index (χ4n) is 3.54. The Hall–Kier alpha value is -1.43. The van der Waals surface area contributed by atoms with Gasteiger partial charge in [0.25, 0.3) is 0 Å². The van der Waals surface area contributed by atoms with Crippen molar-refractivity contribution >= 4 is 10.9 Å². The van der Waals surface area contributed by atoms with Crippen molar-refractivity contribution in [1.82, 2.24) is 9.88 Å². The Bertz CT molecular complexity index is 662. The number of nitrogens with zero attached hydrogens (tertiary/aromatic N) is 1. The maximum atomic E-state index is 13.3. The third kappa shape index (κ3) is 4.15. The van der Waals surface area contributed by atoms with Crippen molar-refractivity contribution in [1.29, 1.82) is 0 Å². The minimum absolute atomic E-state index is 0.150. The van der Waals surface area contributed by atoms with E-state index in [1.54, 1.807) is 6.07 Å². The number of halogens is 1. The van der Waals surface area contributed by atoms with Crippen molar-refractivity contribution in [2.45, 2.75) is 44.8 Å². The van der Waals surface area contributed by atoms with E-state index in [0.717, 1.165) is 36.8 Å². The fraction of sp³-hybridized carbons (Fsp3) is 0.579. The number of aliphatic hydroxyl groups is 1. The van der Waals surface area contributed by atoms with Crippen LogP contribution in [0.1, 0.15) is 38.2 Å². The highest BCUT2D eigenvalue weighted by Crippen LogP contribution is 2.33. The molecule has 0 aliphatic carbocycles. The molecule has 24 heavy (non-hydrogen) atoms. The van der Waals surface area contributed by atoms with Crippen LogP contribution < -0.4 is 0 Å². The first-order chi connectivity index (χ1) is 11.5. The quantitative estimate of drug-likeness (QED) is 0.852. The van der Waals surface area contributed by atoms with Gasteiger partial charge in [-0.3, -0.25) is 0 Å². The van der Waals surface area contributed by atoms with Crippen molar-refractivity contribution in [3.05, 3.63) is 35.8 Å². The number of aromatic nitrogens is 1. The smallest absolute Gasteiger partial charge is 0.125 e. The van der Waals surface area contributed by atoms with E-state index in [9.17, 15) is 9.50 Å². The molecule has 0 saturated carbocycles. The number of fused-ring (bicyclic) bond motifs is 1. The van der Waals surface area contributed by atoms with Gasteiger partial charge < -0.3 is 19.7 Å². The Morgan fingerprint density at radius 2 is 2.08 bits per heavy atom. The zero-order valence-electron chi connectivity index (χ0n) is 14.5. The molecule has 0 radical (unpaired) electrons. The summed E-state index contributed by atoms with van der Waals surface area (Å²) in [5, 5.41) is 11.2. The maximum Gasteiger partial charge on any atom is 0.125 e. The molecule has 0 amide bonds. The summed E-state index contributed by atoms with van der Waals surface area (Å²) in [6, 6.07) is 4.95. The molecule has 1 aromatic heterocycles. The molecule has 2 heterocycles. The molecule has 1 aromatic carbocycles. The summed E-state index contributed by atoms with van der Waals surface area (Å²) in [6.45, 7) is 6.95. The zero-order valence-corrected chi connectivity index (χ0v) is 14.5. The molecule has 1 saturated heterocycles. The topological polar surface area (TPSA) is 48.5 Å². The predicted molar refractivity (Wildman–Crippen MR) is 93.8 cm³/mol. The van der Waals surface area contributed by atoms with Crippen LogP contribution in [-0.4, -0.2) is 53.4 Å². The number of aliphatic hydroxyl groups excluding tert-OH is 1. The molecule has 132 valence electrons. The minimum atomic E-state index is -0.431. The summed E-state index contributed by atoms with van der Waals surface area (Å²) >= 11 is 0. The van der Waals surface area contributed by atoms with Gasteiger partial charge in [-0.25, -0.2) is 4.39 Å². The van der Waals surface area contributed by atoms with Crippen molar-refractivity contribution in [2.75, 3.05) is 26.2 Å². The lowest BCUT2D eigenvalue weighted by Crippen LogP contribution is -2.40. The average molecular weight is 334 g/mol. The van der Waals surface area contributed by atoms with Gasteiger partial charge in [0.15, 0.2) is 0 Å². The molecule has 3 rings (SSSR count). The van der Waals surface area contributed by atoms with Crippen LogP contribution in [0.15, 0.2) is 24.4 Å². The Morgan fingerprint density at radius 3 is 2.79 bits per heavy atom. The highest BCUT2D eigenvalue weighted by Gasteiger charge is 2.24. The van der Waals surface area contributed by atoms with E-state index in [4.69, 9.17) is 4.74 Å². The van der Waals surface area contributed by atoms with Crippen LogP contribution in [0.5, 0.6) is 0 Å². The standard InChI is InChI=1S/C19H27FN2O2/c1-13(2)24-12-16(23)11-22-7-5-14(6-8-22)18-10-21-19-9-15(20)3-4-17(18)19/h3-4,9-10,13-14,16,21,23H,5-8,11-12H2,1-2H3. The number of benzene rings is 1. The molecule has 4 nitrogen and oxygen atoms in total. The van der Waals surface area contributed by atoms with Crippen LogP contribution in [0.3, 0.4) is 0 Å². The second-order valence-corrected chi connectivity index (χ2v) is 7.04. The lowest BCUT2D eigenvalue weighted by molar-refractivity contribution is -0.0111. The number of ether oxygens (including phenoxy) is 1. The highest BCUT2D eigenvalue weighted by atomic mass is 19.1. The molecule has 2 aromatic rings. The lowest BCUT2D eigenvalue weighted by Gasteiger charge is -2.33. The third-order valence-electron chi connectivity index (χ3n) is 4.79. The van der Waals surface area contributed by atoms with E-state index in [-0.39, 0.29) is 11.9 Å². The van der Waals surface area contributed by atoms with Crippen LogP contribution in [0.4, 0.5) is 4.39 Å². The largest absolute Gasteiger partial charge is 0.389 e. The van der Waals surface area contributed by atoms with Gasteiger partial charge in [0, 0.05) is 23.6 Å². The number of likely N-dealkylation sites (tertiary alicyclic amines) is 1. The molecule has 1 unspecified atom stereocenters. The summed E-state index contributed by atoms with van der Waals surface area (Å²) in [6.07, 6.45) is 3.86. The molecule has 0 bridgehead atoms. The monoisotopic (exact) mass is 334 g/mol. The molecule has 1 fully saturated rings. The number of hydrogen-bond donors (Lipinski definition) is 2. The maximum absolute atomic E-state index is 13.3. The van der Waals surface area contributed by atoms with Gasteiger partial charge in [-0.2, -0.15) is 0 Å². The summed E-state index contributed by atoms with van der Waals surface area (Å²) in [5.41, 5.74) is 2.15. The van der Waals surface area contributed by atoms with E-state index in [1.807, 2.05) is 26.1 Å². The van der Waals surface area contributed by atoms with Crippen LogP contribution >= 0.6 is 0 Å². The van der Waals surface area contributed by atoms with E-state index in [0.29, 0.717) is 19.1 Å². The van der Waals surface area contributed by atoms with E-state index >= 15 is 0 Å². The number of H-pyrrole nitrogens is 1. The van der Waals surface area contributed by atoms with Gasteiger partial charge in [-0.15, -0.1) is 0 Å². The number of β-amino-alcohol motifs (C(OH)–C–C–N with tert-alkyl or cyclic N) is 1. The first kappa shape index (κ1) is 17.4. The van der Waals surface area contributed by atoms with Gasteiger partial charge in [0.2, 0.25) is 0 Å². The lowest BCUT2D eigenvalue weighted by atomic mass is 9.89. The van der Waals surface area contributed by atoms with Gasteiger partial charge in [0.1, 0.15) is 5.82 Å². The molecule has 5 heteroatoms. The Kier molecular flexibility index (Phi) is 5.54. The van der Waals surface area contributed by atoms with Crippen LogP contribution in [-0.2, 0) is 4.74 Å². The summed E-state index contributed by atoms with van der Waals surface area (Å²) in [4.78, 5) is 5.49. The number of aromatic amines is 1. The number of hydrogen-bond acceptors (Lipinski definition) is 3. The second-order valence-electron chi connectivity index (χ2n) is 7.04. The third-order valence-corrected chi connectivity index (χ3v) is 4.79. The van der Waals surface area contributed by atoms with E-state index in [2.05, 4.69) is 9.88 Å². The van der Waals surface area contributed by atoms with Gasteiger partial charge in [-0.1, -0.05) is 0 Å². The van der Waals surface area contributed by atoms with Gasteiger partial charge in [-0.05, 0) is 69.5 Å². The zero-order chi connectivity index (χ0) is 17.1. The molecule has 1 aliphatic heterocycles. The Labute approximate surface area is 142 Å². The first-order valence-corrected chi connectivity index (χ1v) is 8.81. The normalized spacial score (nSPS) is 18.5. The summed E-state index contributed by atoms with van der Waals surface area (Å²) < 4.78 is 18.8. The Morgan fingerprint density at radius 1 is 1.33 bits per heavy atom.